The maximum Gasteiger partial charge on any atom is 0.265 e. The molecule has 0 bridgehead atoms. The molecule has 6 nitrogen and oxygen atoms in total. The minimum Gasteiger partial charge on any atom is -0.497 e. The molecule has 1 amide bonds. The van der Waals surface area contributed by atoms with E-state index in [-0.39, 0.29) is 16.9 Å². The number of aryl methyl sites for hydroxylation is 1. The van der Waals surface area contributed by atoms with Crippen LogP contribution in [-0.4, -0.2) is 19.1 Å². The lowest BCUT2D eigenvalue weighted by molar-refractivity contribution is -0.122. The van der Waals surface area contributed by atoms with Crippen LogP contribution in [0.15, 0.2) is 75.9 Å². The van der Waals surface area contributed by atoms with Crippen molar-refractivity contribution in [2.24, 2.45) is 0 Å². The highest BCUT2D eigenvalue weighted by Crippen LogP contribution is 2.33. The summed E-state index contributed by atoms with van der Waals surface area (Å²) in [5.41, 5.74) is 2.15. The van der Waals surface area contributed by atoms with Gasteiger partial charge in [-0.15, -0.1) is 0 Å². The van der Waals surface area contributed by atoms with E-state index >= 15 is 0 Å². The quantitative estimate of drug-likeness (QED) is 0.341. The van der Waals surface area contributed by atoms with Gasteiger partial charge in [-0.3, -0.25) is 9.59 Å². The van der Waals surface area contributed by atoms with E-state index in [1.54, 1.807) is 67.8 Å². The van der Waals surface area contributed by atoms with Gasteiger partial charge in [-0.05, 0) is 67.4 Å². The van der Waals surface area contributed by atoms with Crippen LogP contribution in [-0.2, 0) is 4.79 Å². The molecule has 1 heterocycles. The normalized spacial score (nSPS) is 11.8. The third-order valence-electron chi connectivity index (χ3n) is 5.47. The number of nitrogens with one attached hydrogen (secondary N) is 1. The Balaban J connectivity index is 1.73. The Kier molecular flexibility index (Phi) is 6.89. The summed E-state index contributed by atoms with van der Waals surface area (Å²) in [4.78, 5) is 26.4. The maximum atomic E-state index is 13.4. The summed E-state index contributed by atoms with van der Waals surface area (Å²) < 4.78 is 17.4. The number of carbonyl (C=O) groups is 1. The molecule has 0 aliphatic carbocycles. The molecule has 7 heteroatoms. The zero-order chi connectivity index (χ0) is 24.2. The van der Waals surface area contributed by atoms with Crippen molar-refractivity contribution in [3.8, 4) is 22.8 Å². The molecule has 0 saturated carbocycles. The Labute approximate surface area is 202 Å². The molecule has 174 valence electrons. The highest BCUT2D eigenvalue weighted by Gasteiger charge is 2.25. The van der Waals surface area contributed by atoms with Crippen LogP contribution in [0.4, 0.5) is 5.69 Å². The summed E-state index contributed by atoms with van der Waals surface area (Å²) in [6.45, 7) is 3.69. The van der Waals surface area contributed by atoms with E-state index in [9.17, 15) is 9.59 Å². The highest BCUT2D eigenvalue weighted by molar-refractivity contribution is 6.31. The number of methoxy groups -OCH3 is 1. The molecule has 1 aromatic heterocycles. The van der Waals surface area contributed by atoms with Gasteiger partial charge >= 0.3 is 0 Å². The third kappa shape index (κ3) is 4.77. The Morgan fingerprint density at radius 1 is 1.09 bits per heavy atom. The highest BCUT2D eigenvalue weighted by atomic mass is 35.5. The third-order valence-corrected chi connectivity index (χ3v) is 5.88. The van der Waals surface area contributed by atoms with Crippen molar-refractivity contribution in [3.63, 3.8) is 0 Å². The molecule has 0 saturated heterocycles. The van der Waals surface area contributed by atoms with Crippen molar-refractivity contribution < 1.29 is 18.7 Å². The van der Waals surface area contributed by atoms with Crippen LogP contribution in [0.2, 0.25) is 5.02 Å². The molecule has 0 aliphatic rings. The second kappa shape index (κ2) is 10.0. The first-order valence-electron chi connectivity index (χ1n) is 10.8. The molecule has 3 aromatic carbocycles. The molecule has 1 unspecified atom stereocenters. The number of hydrogen-bond donors (Lipinski definition) is 1. The van der Waals surface area contributed by atoms with Crippen LogP contribution in [0.3, 0.4) is 0 Å². The van der Waals surface area contributed by atoms with Crippen molar-refractivity contribution in [2.45, 2.75) is 26.4 Å². The fraction of sp³-hybridized carbons (Fsp3) is 0.185. The number of benzene rings is 3. The van der Waals surface area contributed by atoms with Gasteiger partial charge < -0.3 is 19.2 Å². The number of ether oxygens (including phenoxy) is 2. The first-order valence-corrected chi connectivity index (χ1v) is 11.2. The summed E-state index contributed by atoms with van der Waals surface area (Å²) in [6, 6.07) is 19.3. The summed E-state index contributed by atoms with van der Waals surface area (Å²) in [5, 5.41) is 3.73. The van der Waals surface area contributed by atoms with Crippen LogP contribution in [0.1, 0.15) is 18.9 Å². The van der Waals surface area contributed by atoms with E-state index < -0.39 is 12.0 Å². The predicted octanol–water partition coefficient (Wildman–Crippen LogP) is 6.23. The van der Waals surface area contributed by atoms with Crippen molar-refractivity contribution >= 4 is 34.2 Å². The van der Waals surface area contributed by atoms with E-state index in [0.717, 1.165) is 5.56 Å². The van der Waals surface area contributed by atoms with Crippen LogP contribution in [0.25, 0.3) is 22.3 Å². The standard InChI is InChI=1S/C27H24ClNO5/c1-4-22(27(31)29-18-12-9-16(2)21(28)15-18)33-26-24(30)20-7-5-6-8-23(20)34-25(26)17-10-13-19(32-3)14-11-17/h5-15,22H,4H2,1-3H3,(H,29,31). The lowest BCUT2D eigenvalue weighted by Crippen LogP contribution is -2.34. The zero-order valence-corrected chi connectivity index (χ0v) is 19.8. The van der Waals surface area contributed by atoms with Gasteiger partial charge in [-0.1, -0.05) is 36.7 Å². The summed E-state index contributed by atoms with van der Waals surface area (Å²) in [6.07, 6.45) is -0.596. The van der Waals surface area contributed by atoms with Gasteiger partial charge in [-0.25, -0.2) is 0 Å². The number of fused-ring (bicyclic) bond motifs is 1. The number of amides is 1. The number of para-hydroxylation sites is 1. The molecule has 4 aromatic rings. The van der Waals surface area contributed by atoms with Crippen molar-refractivity contribution in [2.75, 3.05) is 12.4 Å². The number of anilines is 1. The minimum absolute atomic E-state index is 0.0206. The van der Waals surface area contributed by atoms with Crippen molar-refractivity contribution in [1.82, 2.24) is 0 Å². The molecule has 0 radical (unpaired) electrons. The molecular weight excluding hydrogens is 454 g/mol. The van der Waals surface area contributed by atoms with Crippen LogP contribution >= 0.6 is 11.6 Å². The molecule has 34 heavy (non-hydrogen) atoms. The molecule has 1 atom stereocenters. The van der Waals surface area contributed by atoms with E-state index in [0.29, 0.717) is 39.4 Å². The van der Waals surface area contributed by atoms with Gasteiger partial charge in [0.05, 0.1) is 12.5 Å². The lowest BCUT2D eigenvalue weighted by Gasteiger charge is -2.19. The number of hydrogen-bond acceptors (Lipinski definition) is 5. The van der Waals surface area contributed by atoms with Crippen molar-refractivity contribution in [3.05, 3.63) is 87.5 Å². The Morgan fingerprint density at radius 2 is 1.82 bits per heavy atom. The van der Waals surface area contributed by atoms with E-state index in [4.69, 9.17) is 25.5 Å². The molecule has 0 fully saturated rings. The lowest BCUT2D eigenvalue weighted by atomic mass is 10.1. The smallest absolute Gasteiger partial charge is 0.265 e. The Morgan fingerprint density at radius 3 is 2.50 bits per heavy atom. The predicted molar refractivity (Wildman–Crippen MR) is 134 cm³/mol. The average molecular weight is 478 g/mol. The van der Waals surface area contributed by atoms with Gasteiger partial charge in [-0.2, -0.15) is 0 Å². The van der Waals surface area contributed by atoms with Gasteiger partial charge in [0, 0.05) is 16.3 Å². The first-order chi connectivity index (χ1) is 16.4. The first kappa shape index (κ1) is 23.4. The second-order valence-corrected chi connectivity index (χ2v) is 8.19. The SMILES string of the molecule is CCC(Oc1c(-c2ccc(OC)cc2)oc2ccccc2c1=O)C(=O)Nc1ccc(C)c(Cl)c1. The number of halogens is 1. The minimum atomic E-state index is -0.930. The largest absolute Gasteiger partial charge is 0.497 e. The van der Waals surface area contributed by atoms with Crippen LogP contribution in [0.5, 0.6) is 11.5 Å². The van der Waals surface area contributed by atoms with E-state index in [1.807, 2.05) is 19.9 Å². The molecule has 0 spiro atoms. The number of rotatable bonds is 7. The van der Waals surface area contributed by atoms with Gasteiger partial charge in [0.15, 0.2) is 11.9 Å². The Bertz CT molecular complexity index is 1390. The summed E-state index contributed by atoms with van der Waals surface area (Å²) >= 11 is 6.18. The molecule has 0 aliphatic heterocycles. The summed E-state index contributed by atoms with van der Waals surface area (Å²) in [5.74, 6) is 0.497. The van der Waals surface area contributed by atoms with E-state index in [2.05, 4.69) is 5.32 Å². The zero-order valence-electron chi connectivity index (χ0n) is 19.1. The topological polar surface area (TPSA) is 77.8 Å². The summed E-state index contributed by atoms with van der Waals surface area (Å²) in [7, 11) is 1.57. The molecule has 1 N–H and O–H groups in total. The van der Waals surface area contributed by atoms with Crippen LogP contribution in [0, 0.1) is 6.92 Å². The van der Waals surface area contributed by atoms with Gasteiger partial charge in [0.1, 0.15) is 11.3 Å². The van der Waals surface area contributed by atoms with Crippen molar-refractivity contribution in [1.29, 1.82) is 0 Å². The number of carbonyl (C=O) groups excluding carboxylic acids is 1. The van der Waals surface area contributed by atoms with Crippen LogP contribution < -0.4 is 20.2 Å². The Hall–Kier alpha value is -3.77. The fourth-order valence-corrected chi connectivity index (χ4v) is 3.70. The fourth-order valence-electron chi connectivity index (χ4n) is 3.52. The second-order valence-electron chi connectivity index (χ2n) is 7.78. The van der Waals surface area contributed by atoms with Gasteiger partial charge in [0.25, 0.3) is 5.91 Å². The monoisotopic (exact) mass is 477 g/mol. The van der Waals surface area contributed by atoms with Gasteiger partial charge in [0.2, 0.25) is 11.2 Å². The maximum absolute atomic E-state index is 13.4. The molecular formula is C27H24ClNO5. The average Bonchev–Trinajstić information content (AvgIpc) is 2.85. The molecule has 4 rings (SSSR count). The van der Waals surface area contributed by atoms with E-state index in [1.165, 1.54) is 0 Å².